The van der Waals surface area contributed by atoms with Gasteiger partial charge in [0.15, 0.2) is 0 Å². The first kappa shape index (κ1) is 16.4. The number of amides is 3. The van der Waals surface area contributed by atoms with Gasteiger partial charge in [-0.2, -0.15) is 0 Å². The number of likely N-dealkylation sites (tertiary alicyclic amines) is 1. The van der Waals surface area contributed by atoms with Crippen LogP contribution in [0.1, 0.15) is 51.6 Å². The number of nitrogens with zero attached hydrogens (tertiary/aromatic N) is 3. The van der Waals surface area contributed by atoms with Crippen LogP contribution < -0.4 is 0 Å². The number of benzene rings is 1. The number of imide groups is 1. The summed E-state index contributed by atoms with van der Waals surface area (Å²) in [5.41, 5.74) is 1.73. The Morgan fingerprint density at radius 1 is 1.04 bits per heavy atom. The molecule has 0 bridgehead atoms. The average molecular weight is 349 g/mol. The fourth-order valence-electron chi connectivity index (χ4n) is 3.76. The molecule has 1 saturated heterocycles. The van der Waals surface area contributed by atoms with E-state index in [-0.39, 0.29) is 18.5 Å². The summed E-state index contributed by atoms with van der Waals surface area (Å²) in [6.45, 7) is 0.407. The summed E-state index contributed by atoms with van der Waals surface area (Å²) in [7, 11) is 0. The zero-order valence-electron chi connectivity index (χ0n) is 14.3. The average Bonchev–Trinajstić information content (AvgIpc) is 2.94. The van der Waals surface area contributed by atoms with E-state index in [2.05, 4.69) is 4.98 Å². The Kier molecular flexibility index (Phi) is 4.24. The standard InChI is InChI=1S/C20H19N3O3/c24-18(13-23-19(25)15-7-1-2-8-16(15)20(23)26)22-11-4-3-9-17(22)14-6-5-10-21-12-14/h1-2,5-8,10,12,17H,3-4,9,11,13H2/t17-/m0/s1. The van der Waals surface area contributed by atoms with Gasteiger partial charge in [-0.1, -0.05) is 18.2 Å². The normalized spacial score (nSPS) is 19.6. The molecule has 3 heterocycles. The molecule has 1 aromatic carbocycles. The van der Waals surface area contributed by atoms with E-state index in [9.17, 15) is 14.4 Å². The van der Waals surface area contributed by atoms with Crippen LogP contribution in [0.25, 0.3) is 0 Å². The maximum Gasteiger partial charge on any atom is 0.262 e. The highest BCUT2D eigenvalue weighted by Gasteiger charge is 2.38. The zero-order valence-corrected chi connectivity index (χ0v) is 14.3. The predicted octanol–water partition coefficient (Wildman–Crippen LogP) is 2.43. The first-order chi connectivity index (χ1) is 12.7. The highest BCUT2D eigenvalue weighted by molar-refractivity contribution is 6.22. The summed E-state index contributed by atoms with van der Waals surface area (Å²) in [4.78, 5) is 44.9. The van der Waals surface area contributed by atoms with Crippen molar-refractivity contribution in [1.82, 2.24) is 14.8 Å². The molecular formula is C20H19N3O3. The minimum atomic E-state index is -0.395. The molecule has 6 nitrogen and oxygen atoms in total. The van der Waals surface area contributed by atoms with Crippen molar-refractivity contribution in [3.8, 4) is 0 Å². The van der Waals surface area contributed by atoms with Crippen LogP contribution in [0.5, 0.6) is 0 Å². The molecule has 0 unspecified atom stereocenters. The van der Waals surface area contributed by atoms with Crippen molar-refractivity contribution in [3.63, 3.8) is 0 Å². The summed E-state index contributed by atoms with van der Waals surface area (Å²) in [6, 6.07) is 10.5. The molecule has 3 amide bonds. The lowest BCUT2D eigenvalue weighted by atomic mass is 9.96. The molecule has 132 valence electrons. The highest BCUT2D eigenvalue weighted by atomic mass is 16.2. The lowest BCUT2D eigenvalue weighted by Crippen LogP contribution is -2.45. The molecule has 6 heteroatoms. The molecule has 2 aliphatic heterocycles. The number of carbonyl (C=O) groups is 3. The van der Waals surface area contributed by atoms with E-state index in [1.165, 1.54) is 0 Å². The number of hydrogen-bond donors (Lipinski definition) is 0. The second-order valence-corrected chi connectivity index (χ2v) is 6.63. The van der Waals surface area contributed by atoms with Crippen molar-refractivity contribution in [2.45, 2.75) is 25.3 Å². The Morgan fingerprint density at radius 2 is 1.77 bits per heavy atom. The summed E-state index contributed by atoms with van der Waals surface area (Å²) in [5, 5.41) is 0. The van der Waals surface area contributed by atoms with Crippen molar-refractivity contribution >= 4 is 17.7 Å². The SMILES string of the molecule is O=C1c2ccccc2C(=O)N1CC(=O)N1CCCC[C@H]1c1cccnc1. The van der Waals surface area contributed by atoms with Gasteiger partial charge in [0.2, 0.25) is 5.91 Å². The summed E-state index contributed by atoms with van der Waals surface area (Å²) >= 11 is 0. The molecule has 1 atom stereocenters. The number of fused-ring (bicyclic) bond motifs is 1. The monoisotopic (exact) mass is 349 g/mol. The van der Waals surface area contributed by atoms with Crippen LogP contribution in [0.2, 0.25) is 0 Å². The van der Waals surface area contributed by atoms with Crippen LogP contribution in [0, 0.1) is 0 Å². The van der Waals surface area contributed by atoms with Crippen molar-refractivity contribution in [2.24, 2.45) is 0 Å². The zero-order chi connectivity index (χ0) is 18.1. The van der Waals surface area contributed by atoms with Crippen molar-refractivity contribution in [3.05, 3.63) is 65.5 Å². The number of aromatic nitrogens is 1. The van der Waals surface area contributed by atoms with Gasteiger partial charge in [-0.15, -0.1) is 0 Å². The third-order valence-electron chi connectivity index (χ3n) is 5.06. The molecule has 4 rings (SSSR count). The first-order valence-electron chi connectivity index (χ1n) is 8.81. The molecule has 0 N–H and O–H groups in total. The molecule has 0 radical (unpaired) electrons. The van der Waals surface area contributed by atoms with Crippen LogP contribution in [-0.2, 0) is 4.79 Å². The number of carbonyl (C=O) groups excluding carboxylic acids is 3. The van der Waals surface area contributed by atoms with Gasteiger partial charge < -0.3 is 4.90 Å². The molecule has 1 aromatic heterocycles. The van der Waals surface area contributed by atoms with Gasteiger partial charge >= 0.3 is 0 Å². The van der Waals surface area contributed by atoms with Crippen LogP contribution in [0.4, 0.5) is 0 Å². The molecular weight excluding hydrogens is 330 g/mol. The summed E-state index contributed by atoms with van der Waals surface area (Å²) in [5.74, 6) is -0.990. The third-order valence-corrected chi connectivity index (χ3v) is 5.06. The van der Waals surface area contributed by atoms with Crippen molar-refractivity contribution in [1.29, 1.82) is 0 Å². The van der Waals surface area contributed by atoms with E-state index in [4.69, 9.17) is 0 Å². The van der Waals surface area contributed by atoms with Gasteiger partial charge in [0.25, 0.3) is 11.8 Å². The van der Waals surface area contributed by atoms with Gasteiger partial charge in [0, 0.05) is 18.9 Å². The van der Waals surface area contributed by atoms with Crippen molar-refractivity contribution < 1.29 is 14.4 Å². The molecule has 2 aromatic rings. The van der Waals surface area contributed by atoms with Crippen LogP contribution in [0.3, 0.4) is 0 Å². The van der Waals surface area contributed by atoms with E-state index in [0.717, 1.165) is 29.7 Å². The van der Waals surface area contributed by atoms with Crippen LogP contribution >= 0.6 is 0 Å². The Bertz CT molecular complexity index is 831. The smallest absolute Gasteiger partial charge is 0.262 e. The van der Waals surface area contributed by atoms with Gasteiger partial charge in [-0.25, -0.2) is 0 Å². The summed E-state index contributed by atoms with van der Waals surface area (Å²) < 4.78 is 0. The Morgan fingerprint density at radius 3 is 2.42 bits per heavy atom. The molecule has 0 aliphatic carbocycles. The van der Waals surface area contributed by atoms with E-state index in [1.54, 1.807) is 41.6 Å². The maximum absolute atomic E-state index is 12.9. The fourth-order valence-corrected chi connectivity index (χ4v) is 3.76. The Balaban J connectivity index is 1.54. The number of piperidine rings is 1. The number of pyridine rings is 1. The van der Waals surface area contributed by atoms with E-state index < -0.39 is 11.8 Å². The number of hydrogen-bond acceptors (Lipinski definition) is 4. The molecule has 26 heavy (non-hydrogen) atoms. The fraction of sp³-hybridized carbons (Fsp3) is 0.300. The summed E-state index contributed by atoms with van der Waals surface area (Å²) in [6.07, 6.45) is 6.30. The molecule has 2 aliphatic rings. The predicted molar refractivity (Wildman–Crippen MR) is 94.4 cm³/mol. The second-order valence-electron chi connectivity index (χ2n) is 6.63. The van der Waals surface area contributed by atoms with E-state index in [1.807, 2.05) is 12.1 Å². The number of rotatable bonds is 3. The lowest BCUT2D eigenvalue weighted by molar-refractivity contribution is -0.135. The van der Waals surface area contributed by atoms with E-state index >= 15 is 0 Å². The van der Waals surface area contributed by atoms with E-state index in [0.29, 0.717) is 17.7 Å². The second kappa shape index (κ2) is 6.71. The molecule has 0 saturated carbocycles. The minimum Gasteiger partial charge on any atom is -0.334 e. The lowest BCUT2D eigenvalue weighted by Gasteiger charge is -2.36. The minimum absolute atomic E-state index is 0.0554. The van der Waals surface area contributed by atoms with Crippen LogP contribution in [0.15, 0.2) is 48.8 Å². The Hall–Kier alpha value is -3.02. The topological polar surface area (TPSA) is 70.6 Å². The quantitative estimate of drug-likeness (QED) is 0.798. The van der Waals surface area contributed by atoms with Gasteiger partial charge in [0.1, 0.15) is 6.54 Å². The van der Waals surface area contributed by atoms with Gasteiger partial charge in [-0.3, -0.25) is 24.3 Å². The van der Waals surface area contributed by atoms with Crippen molar-refractivity contribution in [2.75, 3.05) is 13.1 Å². The maximum atomic E-state index is 12.9. The van der Waals surface area contributed by atoms with Gasteiger partial charge in [-0.05, 0) is 43.0 Å². The largest absolute Gasteiger partial charge is 0.334 e. The van der Waals surface area contributed by atoms with Crippen LogP contribution in [-0.4, -0.2) is 45.6 Å². The molecule has 1 fully saturated rings. The third kappa shape index (κ3) is 2.77. The van der Waals surface area contributed by atoms with Gasteiger partial charge in [0.05, 0.1) is 17.2 Å². The highest BCUT2D eigenvalue weighted by Crippen LogP contribution is 2.31. The first-order valence-corrected chi connectivity index (χ1v) is 8.81. The molecule has 0 spiro atoms. The Labute approximate surface area is 151 Å².